The summed E-state index contributed by atoms with van der Waals surface area (Å²) in [5.74, 6) is 0.185. The normalized spacial score (nSPS) is 16.6. The Labute approximate surface area is 122 Å². The average molecular weight is 296 g/mol. The van der Waals surface area contributed by atoms with Gasteiger partial charge in [0.15, 0.2) is 0 Å². The van der Waals surface area contributed by atoms with Crippen LogP contribution in [0.1, 0.15) is 29.7 Å². The van der Waals surface area contributed by atoms with E-state index < -0.39 is 0 Å². The number of likely N-dealkylation sites (N-methyl/N-ethyl adjacent to an activating group) is 1. The van der Waals surface area contributed by atoms with Gasteiger partial charge < -0.3 is 10.2 Å². The van der Waals surface area contributed by atoms with Gasteiger partial charge in [0.05, 0.1) is 11.7 Å². The zero-order valence-electron chi connectivity index (χ0n) is 12.0. The van der Waals surface area contributed by atoms with Crippen molar-refractivity contribution in [3.63, 3.8) is 0 Å². The predicted molar refractivity (Wildman–Crippen MR) is 77.6 cm³/mol. The zero-order chi connectivity index (χ0) is 14.7. The van der Waals surface area contributed by atoms with E-state index in [1.807, 2.05) is 27.0 Å². The highest BCUT2D eigenvalue weighted by Gasteiger charge is 2.29. The van der Waals surface area contributed by atoms with Gasteiger partial charge >= 0.3 is 6.03 Å². The molecule has 1 N–H and O–H groups in total. The van der Waals surface area contributed by atoms with Gasteiger partial charge in [0.25, 0.3) is 0 Å². The van der Waals surface area contributed by atoms with Gasteiger partial charge in [-0.2, -0.15) is 0 Å². The maximum absolute atomic E-state index is 12.0. The number of amides is 3. The lowest BCUT2D eigenvalue weighted by molar-refractivity contribution is -0.126. The first-order valence-electron chi connectivity index (χ1n) is 6.74. The molecule has 20 heavy (non-hydrogen) atoms. The summed E-state index contributed by atoms with van der Waals surface area (Å²) >= 11 is 1.65. The lowest BCUT2D eigenvalue weighted by Crippen LogP contribution is -2.40. The second-order valence-electron chi connectivity index (χ2n) is 4.99. The quantitative estimate of drug-likeness (QED) is 0.913. The van der Waals surface area contributed by atoms with Crippen LogP contribution < -0.4 is 5.32 Å². The smallest absolute Gasteiger partial charge is 0.319 e. The van der Waals surface area contributed by atoms with Crippen molar-refractivity contribution in [2.45, 2.75) is 26.7 Å². The zero-order valence-corrected chi connectivity index (χ0v) is 12.9. The van der Waals surface area contributed by atoms with Crippen LogP contribution in [0.4, 0.5) is 4.79 Å². The van der Waals surface area contributed by atoms with E-state index in [1.165, 1.54) is 9.78 Å². The van der Waals surface area contributed by atoms with E-state index in [-0.39, 0.29) is 24.4 Å². The molecule has 0 unspecified atom stereocenters. The number of thiazole rings is 1. The fourth-order valence-electron chi connectivity index (χ4n) is 2.05. The van der Waals surface area contributed by atoms with Crippen LogP contribution in [-0.2, 0) is 4.79 Å². The van der Waals surface area contributed by atoms with E-state index in [4.69, 9.17) is 0 Å². The van der Waals surface area contributed by atoms with Gasteiger partial charge in [-0.25, -0.2) is 9.78 Å². The molecule has 3 amide bonds. The van der Waals surface area contributed by atoms with Gasteiger partial charge in [0.2, 0.25) is 5.91 Å². The summed E-state index contributed by atoms with van der Waals surface area (Å²) in [6.07, 6.45) is 1.84. The van der Waals surface area contributed by atoms with Crippen molar-refractivity contribution in [1.82, 2.24) is 20.1 Å². The SMILES string of the molecule is CCN1CN(C(=O)NC[C@@H](C)c2ncc(C)s2)CC1=O. The average Bonchev–Trinajstić information content (AvgIpc) is 3.01. The van der Waals surface area contributed by atoms with Crippen LogP contribution in [0.5, 0.6) is 0 Å². The highest BCUT2D eigenvalue weighted by atomic mass is 32.1. The Morgan fingerprint density at radius 1 is 1.60 bits per heavy atom. The molecule has 1 aromatic rings. The van der Waals surface area contributed by atoms with E-state index in [2.05, 4.69) is 10.3 Å². The molecule has 1 fully saturated rings. The third kappa shape index (κ3) is 3.27. The number of nitrogens with zero attached hydrogens (tertiary/aromatic N) is 3. The van der Waals surface area contributed by atoms with Crippen LogP contribution >= 0.6 is 11.3 Å². The van der Waals surface area contributed by atoms with Gasteiger partial charge in [0, 0.05) is 30.1 Å². The van der Waals surface area contributed by atoms with Crippen LogP contribution in [0.2, 0.25) is 0 Å². The molecule has 0 radical (unpaired) electrons. The summed E-state index contributed by atoms with van der Waals surface area (Å²) in [7, 11) is 0. The topological polar surface area (TPSA) is 65.5 Å². The maximum Gasteiger partial charge on any atom is 0.319 e. The third-order valence-corrected chi connectivity index (χ3v) is 4.45. The minimum Gasteiger partial charge on any atom is -0.337 e. The first-order chi connectivity index (χ1) is 9.51. The molecule has 1 aliphatic rings. The molecule has 1 aliphatic heterocycles. The van der Waals surface area contributed by atoms with E-state index in [1.54, 1.807) is 16.2 Å². The Morgan fingerprint density at radius 2 is 2.35 bits per heavy atom. The Hall–Kier alpha value is -1.63. The molecule has 0 spiro atoms. The molecule has 110 valence electrons. The minimum atomic E-state index is -0.186. The number of rotatable bonds is 4. The van der Waals surface area contributed by atoms with E-state index >= 15 is 0 Å². The van der Waals surface area contributed by atoms with Crippen LogP contribution in [0.3, 0.4) is 0 Å². The number of hydrogen-bond donors (Lipinski definition) is 1. The van der Waals surface area contributed by atoms with Gasteiger partial charge in [0.1, 0.15) is 6.54 Å². The Bertz CT molecular complexity index is 502. The fraction of sp³-hybridized carbons (Fsp3) is 0.615. The summed E-state index contributed by atoms with van der Waals surface area (Å²) in [5, 5.41) is 3.90. The monoisotopic (exact) mass is 296 g/mol. The highest BCUT2D eigenvalue weighted by molar-refractivity contribution is 7.11. The molecular weight excluding hydrogens is 276 g/mol. The van der Waals surface area contributed by atoms with E-state index in [9.17, 15) is 9.59 Å². The maximum atomic E-state index is 12.0. The van der Waals surface area contributed by atoms with Gasteiger partial charge in [-0.1, -0.05) is 6.92 Å². The van der Waals surface area contributed by atoms with Crippen LogP contribution in [-0.4, -0.2) is 53.0 Å². The van der Waals surface area contributed by atoms with Crippen LogP contribution in [0.25, 0.3) is 0 Å². The highest BCUT2D eigenvalue weighted by Crippen LogP contribution is 2.20. The summed E-state index contributed by atoms with van der Waals surface area (Å²) in [5.41, 5.74) is 0. The summed E-state index contributed by atoms with van der Waals surface area (Å²) in [6, 6.07) is -0.186. The number of aromatic nitrogens is 1. The van der Waals surface area contributed by atoms with Crippen molar-refractivity contribution < 1.29 is 9.59 Å². The largest absolute Gasteiger partial charge is 0.337 e. The van der Waals surface area contributed by atoms with Gasteiger partial charge in [-0.15, -0.1) is 11.3 Å². The standard InChI is InChI=1S/C13H20N4O2S/c1-4-16-8-17(7-11(16)18)13(19)15-5-9(2)12-14-6-10(3)20-12/h6,9H,4-5,7-8H2,1-3H3,(H,15,19)/t9-/m1/s1. The predicted octanol–water partition coefficient (Wildman–Crippen LogP) is 1.39. The Balaban J connectivity index is 1.82. The lowest BCUT2D eigenvalue weighted by atomic mass is 10.2. The molecule has 7 heteroatoms. The van der Waals surface area contributed by atoms with Crippen LogP contribution in [0.15, 0.2) is 6.20 Å². The second kappa shape index (κ2) is 6.21. The van der Waals surface area contributed by atoms with Crippen molar-refractivity contribution in [2.24, 2.45) is 0 Å². The number of aryl methyl sites for hydroxylation is 1. The van der Waals surface area contributed by atoms with Crippen molar-refractivity contribution in [1.29, 1.82) is 0 Å². The molecule has 1 saturated heterocycles. The third-order valence-electron chi connectivity index (χ3n) is 3.31. The van der Waals surface area contributed by atoms with Crippen molar-refractivity contribution in [2.75, 3.05) is 26.3 Å². The summed E-state index contributed by atoms with van der Waals surface area (Å²) in [4.78, 5) is 32.3. The van der Waals surface area contributed by atoms with Crippen LogP contribution in [0, 0.1) is 6.92 Å². The number of carbonyl (C=O) groups excluding carboxylic acids is 2. The minimum absolute atomic E-state index is 0.00578. The summed E-state index contributed by atoms with van der Waals surface area (Å²) < 4.78 is 0. The fourth-order valence-corrected chi connectivity index (χ4v) is 2.88. The molecule has 0 saturated carbocycles. The number of urea groups is 1. The molecule has 1 aromatic heterocycles. The molecule has 0 aliphatic carbocycles. The number of nitrogens with one attached hydrogen (secondary N) is 1. The van der Waals surface area contributed by atoms with Crippen molar-refractivity contribution in [3.05, 3.63) is 16.1 Å². The molecule has 1 atom stereocenters. The molecule has 0 bridgehead atoms. The first-order valence-corrected chi connectivity index (χ1v) is 7.55. The number of hydrogen-bond acceptors (Lipinski definition) is 4. The van der Waals surface area contributed by atoms with Crippen molar-refractivity contribution >= 4 is 23.3 Å². The summed E-state index contributed by atoms with van der Waals surface area (Å²) in [6.45, 7) is 7.68. The van der Waals surface area contributed by atoms with E-state index in [0.717, 1.165) is 5.01 Å². The molecule has 2 heterocycles. The second-order valence-corrected chi connectivity index (χ2v) is 6.25. The lowest BCUT2D eigenvalue weighted by Gasteiger charge is -2.18. The first kappa shape index (κ1) is 14.8. The molecule has 6 nitrogen and oxygen atoms in total. The Morgan fingerprint density at radius 3 is 2.90 bits per heavy atom. The molecule has 0 aromatic carbocycles. The molecule has 2 rings (SSSR count). The Kier molecular flexibility index (Phi) is 4.59. The van der Waals surface area contributed by atoms with Crippen molar-refractivity contribution in [3.8, 4) is 0 Å². The molecular formula is C13H20N4O2S. The number of carbonyl (C=O) groups is 2. The van der Waals surface area contributed by atoms with Gasteiger partial charge in [-0.05, 0) is 13.8 Å². The van der Waals surface area contributed by atoms with E-state index in [0.29, 0.717) is 19.8 Å². The van der Waals surface area contributed by atoms with Gasteiger partial charge in [-0.3, -0.25) is 9.69 Å².